The molecular formula is C18H20N4O3S. The van der Waals surface area contributed by atoms with E-state index in [2.05, 4.69) is 9.88 Å². The molecule has 2 aromatic rings. The molecule has 0 bridgehead atoms. The lowest BCUT2D eigenvalue weighted by Gasteiger charge is -2.37. The van der Waals surface area contributed by atoms with Crippen LogP contribution < -0.4 is 14.5 Å². The highest BCUT2D eigenvalue weighted by atomic mass is 32.1. The molecule has 7 nitrogen and oxygen atoms in total. The van der Waals surface area contributed by atoms with E-state index in [1.807, 2.05) is 34.5 Å². The first-order valence-corrected chi connectivity index (χ1v) is 9.51. The van der Waals surface area contributed by atoms with Crippen LogP contribution in [0.25, 0.3) is 0 Å². The second kappa shape index (κ2) is 6.95. The van der Waals surface area contributed by atoms with E-state index in [1.165, 1.54) is 0 Å². The molecule has 0 aliphatic carbocycles. The molecule has 0 unspecified atom stereocenters. The van der Waals surface area contributed by atoms with Crippen molar-refractivity contribution in [2.45, 2.75) is 13.0 Å². The van der Waals surface area contributed by atoms with Gasteiger partial charge >= 0.3 is 0 Å². The molecule has 1 saturated heterocycles. The fourth-order valence-electron chi connectivity index (χ4n) is 3.28. The first-order chi connectivity index (χ1) is 12.6. The summed E-state index contributed by atoms with van der Waals surface area (Å²) in [6.45, 7) is 4.53. The predicted octanol–water partition coefficient (Wildman–Crippen LogP) is 1.61. The third-order valence-electron chi connectivity index (χ3n) is 4.69. The zero-order valence-electron chi connectivity index (χ0n) is 14.5. The van der Waals surface area contributed by atoms with E-state index >= 15 is 0 Å². The number of nitrogens with zero attached hydrogens (tertiary/aromatic N) is 4. The largest absolute Gasteiger partial charge is 0.479 e. The smallest absolute Gasteiger partial charge is 0.268 e. The van der Waals surface area contributed by atoms with Crippen molar-refractivity contribution in [1.29, 1.82) is 0 Å². The molecule has 0 N–H and O–H groups in total. The van der Waals surface area contributed by atoms with Crippen LogP contribution in [0.2, 0.25) is 0 Å². The number of thiazole rings is 1. The van der Waals surface area contributed by atoms with Crippen LogP contribution in [0, 0.1) is 0 Å². The Labute approximate surface area is 155 Å². The molecule has 0 spiro atoms. The zero-order chi connectivity index (χ0) is 18.1. The second-order valence-electron chi connectivity index (χ2n) is 6.33. The number of amides is 2. The molecule has 136 valence electrons. The lowest BCUT2D eigenvalue weighted by atomic mass is 10.2. The summed E-state index contributed by atoms with van der Waals surface area (Å²) in [6, 6.07) is 7.34. The Kier molecular flexibility index (Phi) is 4.50. The summed E-state index contributed by atoms with van der Waals surface area (Å²) in [6.07, 6.45) is 1.21. The monoisotopic (exact) mass is 372 g/mol. The number of hydrogen-bond donors (Lipinski definition) is 0. The van der Waals surface area contributed by atoms with E-state index < -0.39 is 6.10 Å². The predicted molar refractivity (Wildman–Crippen MR) is 99.8 cm³/mol. The number of hydrogen-bond acceptors (Lipinski definition) is 6. The van der Waals surface area contributed by atoms with Gasteiger partial charge in [0.1, 0.15) is 12.3 Å². The molecule has 0 saturated carbocycles. The maximum absolute atomic E-state index is 12.8. The van der Waals surface area contributed by atoms with E-state index in [4.69, 9.17) is 4.74 Å². The fourth-order valence-corrected chi connectivity index (χ4v) is 3.97. The summed E-state index contributed by atoms with van der Waals surface area (Å²) >= 11 is 1.60. The number of rotatable bonds is 3. The van der Waals surface area contributed by atoms with Crippen LogP contribution in [0.4, 0.5) is 10.8 Å². The van der Waals surface area contributed by atoms with Crippen molar-refractivity contribution in [3.8, 4) is 5.75 Å². The van der Waals surface area contributed by atoms with Gasteiger partial charge in [-0.1, -0.05) is 12.1 Å². The second-order valence-corrected chi connectivity index (χ2v) is 7.21. The molecule has 8 heteroatoms. The third kappa shape index (κ3) is 3.12. The third-order valence-corrected chi connectivity index (χ3v) is 5.52. The van der Waals surface area contributed by atoms with Crippen molar-refractivity contribution in [1.82, 2.24) is 9.88 Å². The number of anilines is 2. The van der Waals surface area contributed by atoms with E-state index in [-0.39, 0.29) is 18.4 Å². The maximum atomic E-state index is 12.8. The van der Waals surface area contributed by atoms with Crippen LogP contribution in [0.15, 0.2) is 35.8 Å². The number of piperazine rings is 1. The van der Waals surface area contributed by atoms with Crippen LogP contribution >= 0.6 is 11.3 Å². The number of carbonyl (C=O) groups is 2. The van der Waals surface area contributed by atoms with Crippen LogP contribution in [0.1, 0.15) is 6.92 Å². The van der Waals surface area contributed by atoms with E-state index in [0.717, 1.165) is 18.2 Å². The molecule has 2 amide bonds. The van der Waals surface area contributed by atoms with Crippen molar-refractivity contribution in [3.63, 3.8) is 0 Å². The summed E-state index contributed by atoms with van der Waals surface area (Å²) in [5, 5.41) is 2.94. The topological polar surface area (TPSA) is 66.0 Å². The SMILES string of the molecule is C[C@@H]1Oc2ccccc2N(CC(=O)N2CCN(c3nccs3)CC2)C1=O. The van der Waals surface area contributed by atoms with Crippen molar-refractivity contribution >= 4 is 34.0 Å². The van der Waals surface area contributed by atoms with Crippen molar-refractivity contribution in [2.75, 3.05) is 42.5 Å². The highest BCUT2D eigenvalue weighted by Gasteiger charge is 2.34. The number of fused-ring (bicyclic) bond motifs is 1. The van der Waals surface area contributed by atoms with Gasteiger partial charge < -0.3 is 14.5 Å². The van der Waals surface area contributed by atoms with Gasteiger partial charge in [-0.3, -0.25) is 14.5 Å². The molecule has 1 fully saturated rings. The van der Waals surface area contributed by atoms with Gasteiger partial charge in [-0.05, 0) is 19.1 Å². The van der Waals surface area contributed by atoms with Crippen molar-refractivity contribution in [2.24, 2.45) is 0 Å². The highest BCUT2D eigenvalue weighted by molar-refractivity contribution is 7.13. The summed E-state index contributed by atoms with van der Waals surface area (Å²) in [7, 11) is 0. The molecule has 1 atom stereocenters. The Morgan fingerprint density at radius 3 is 2.77 bits per heavy atom. The summed E-state index contributed by atoms with van der Waals surface area (Å²) in [4.78, 5) is 35.2. The minimum atomic E-state index is -0.584. The van der Waals surface area contributed by atoms with E-state index in [9.17, 15) is 9.59 Å². The fraction of sp³-hybridized carbons (Fsp3) is 0.389. The summed E-state index contributed by atoms with van der Waals surface area (Å²) < 4.78 is 5.63. The number of benzene rings is 1. The minimum Gasteiger partial charge on any atom is -0.479 e. The van der Waals surface area contributed by atoms with Gasteiger partial charge in [-0.25, -0.2) is 4.98 Å². The molecule has 2 aliphatic heterocycles. The number of aromatic nitrogens is 1. The first-order valence-electron chi connectivity index (χ1n) is 8.63. The van der Waals surface area contributed by atoms with Crippen LogP contribution in [0.3, 0.4) is 0 Å². The zero-order valence-corrected chi connectivity index (χ0v) is 15.3. The number of para-hydroxylation sites is 2. The van der Waals surface area contributed by atoms with Gasteiger partial charge in [0.15, 0.2) is 11.2 Å². The van der Waals surface area contributed by atoms with Gasteiger partial charge in [-0.15, -0.1) is 11.3 Å². The van der Waals surface area contributed by atoms with E-state index in [0.29, 0.717) is 24.5 Å². The summed E-state index contributed by atoms with van der Waals surface area (Å²) in [5.74, 6) is 0.417. The highest BCUT2D eigenvalue weighted by Crippen LogP contribution is 2.33. The lowest BCUT2D eigenvalue weighted by molar-refractivity contribution is -0.133. The molecule has 1 aromatic carbocycles. The first kappa shape index (κ1) is 16.8. The van der Waals surface area contributed by atoms with Gasteiger partial charge in [0.05, 0.1) is 5.69 Å². The Balaban J connectivity index is 1.43. The molecule has 2 aliphatic rings. The van der Waals surface area contributed by atoms with Gasteiger partial charge in [-0.2, -0.15) is 0 Å². The van der Waals surface area contributed by atoms with Gasteiger partial charge in [0, 0.05) is 37.8 Å². The molecule has 1 aromatic heterocycles. The Morgan fingerprint density at radius 2 is 2.04 bits per heavy atom. The summed E-state index contributed by atoms with van der Waals surface area (Å²) in [5.41, 5.74) is 0.658. The van der Waals surface area contributed by atoms with Crippen molar-refractivity contribution < 1.29 is 14.3 Å². The number of ether oxygens (including phenoxy) is 1. The lowest BCUT2D eigenvalue weighted by Crippen LogP contribution is -2.54. The van der Waals surface area contributed by atoms with Crippen LogP contribution in [-0.4, -0.2) is 60.5 Å². The molecule has 4 rings (SSSR count). The Bertz CT molecular complexity index is 803. The van der Waals surface area contributed by atoms with Crippen LogP contribution in [0.5, 0.6) is 5.75 Å². The van der Waals surface area contributed by atoms with Gasteiger partial charge in [0.2, 0.25) is 5.91 Å². The Morgan fingerprint density at radius 1 is 1.27 bits per heavy atom. The average molecular weight is 372 g/mol. The average Bonchev–Trinajstić information content (AvgIpc) is 3.20. The Hall–Kier alpha value is -2.61. The van der Waals surface area contributed by atoms with E-state index in [1.54, 1.807) is 29.4 Å². The van der Waals surface area contributed by atoms with Crippen LogP contribution in [-0.2, 0) is 9.59 Å². The molecule has 0 radical (unpaired) electrons. The minimum absolute atomic E-state index is 0.0407. The molecular weight excluding hydrogens is 352 g/mol. The quantitative estimate of drug-likeness (QED) is 0.819. The number of carbonyl (C=O) groups excluding carboxylic acids is 2. The molecule has 3 heterocycles. The molecule has 26 heavy (non-hydrogen) atoms. The maximum Gasteiger partial charge on any atom is 0.268 e. The normalized spacial score (nSPS) is 20.0. The van der Waals surface area contributed by atoms with Gasteiger partial charge in [0.25, 0.3) is 5.91 Å². The standard InChI is InChI=1S/C18H20N4O3S/c1-13-17(24)22(14-4-2-3-5-15(14)25-13)12-16(23)20-7-9-21(10-8-20)18-19-6-11-26-18/h2-6,11,13H,7-10,12H2,1H3/t13-/m0/s1. The van der Waals surface area contributed by atoms with Crippen molar-refractivity contribution in [3.05, 3.63) is 35.8 Å².